The van der Waals surface area contributed by atoms with Crippen LogP contribution in [0.25, 0.3) is 5.76 Å². The fourth-order valence-corrected chi connectivity index (χ4v) is 5.32. The molecule has 0 N–H and O–H groups in total. The first-order valence-corrected chi connectivity index (χ1v) is 9.09. The van der Waals surface area contributed by atoms with Gasteiger partial charge in [0.05, 0.1) is 26.2 Å². The molecular formula is C21H26O4. The van der Waals surface area contributed by atoms with Crippen molar-refractivity contribution < 1.29 is 19.0 Å². The lowest BCUT2D eigenvalue weighted by atomic mass is 9.51. The number of rotatable bonds is 2. The smallest absolute Gasteiger partial charge is 0.312 e. The van der Waals surface area contributed by atoms with Gasteiger partial charge in [0, 0.05) is 23.3 Å². The molecule has 0 aromatic heterocycles. The molecule has 0 radical (unpaired) electrons. The predicted octanol–water partition coefficient (Wildman–Crippen LogP) is 3.86. The molecule has 1 aromatic carbocycles. The third kappa shape index (κ3) is 2.16. The van der Waals surface area contributed by atoms with Crippen LogP contribution in [0.1, 0.15) is 49.8 Å². The lowest BCUT2D eigenvalue weighted by Crippen LogP contribution is -2.51. The van der Waals surface area contributed by atoms with E-state index in [9.17, 15) is 4.79 Å². The van der Waals surface area contributed by atoms with E-state index in [1.54, 1.807) is 7.11 Å². The van der Waals surface area contributed by atoms with Crippen LogP contribution in [0, 0.1) is 11.3 Å². The summed E-state index contributed by atoms with van der Waals surface area (Å²) in [6.45, 7) is 5.01. The van der Waals surface area contributed by atoms with E-state index in [4.69, 9.17) is 14.2 Å². The van der Waals surface area contributed by atoms with E-state index in [1.165, 1.54) is 23.8 Å². The summed E-state index contributed by atoms with van der Waals surface area (Å²) in [5.41, 5.74) is 3.12. The highest BCUT2D eigenvalue weighted by Crippen LogP contribution is 2.59. The van der Waals surface area contributed by atoms with Gasteiger partial charge in [-0.1, -0.05) is 13.3 Å². The van der Waals surface area contributed by atoms with E-state index in [2.05, 4.69) is 25.1 Å². The van der Waals surface area contributed by atoms with Crippen molar-refractivity contribution in [2.24, 2.45) is 11.3 Å². The Labute approximate surface area is 149 Å². The van der Waals surface area contributed by atoms with E-state index in [0.29, 0.717) is 6.61 Å². The van der Waals surface area contributed by atoms with Crippen molar-refractivity contribution in [3.05, 3.63) is 34.9 Å². The second kappa shape index (κ2) is 5.52. The third-order valence-electron chi connectivity index (χ3n) is 6.65. The molecule has 2 aliphatic carbocycles. The zero-order valence-electron chi connectivity index (χ0n) is 15.5. The van der Waals surface area contributed by atoms with Gasteiger partial charge >= 0.3 is 5.97 Å². The number of carbonyl (C=O) groups excluding carboxylic acids is 1. The second-order valence-electron chi connectivity index (χ2n) is 8.00. The highest BCUT2D eigenvalue weighted by Gasteiger charge is 2.56. The number of allylic oxidation sites excluding steroid dienone is 1. The van der Waals surface area contributed by atoms with Gasteiger partial charge in [-0.05, 0) is 49.1 Å². The van der Waals surface area contributed by atoms with Crippen LogP contribution in [0.2, 0.25) is 0 Å². The molecule has 0 spiro atoms. The summed E-state index contributed by atoms with van der Waals surface area (Å²) in [7, 11) is 3.20. The van der Waals surface area contributed by atoms with Gasteiger partial charge in [0.1, 0.15) is 11.5 Å². The van der Waals surface area contributed by atoms with Crippen molar-refractivity contribution >= 4 is 11.7 Å². The van der Waals surface area contributed by atoms with E-state index in [1.807, 2.05) is 6.92 Å². The molecule has 3 aliphatic rings. The van der Waals surface area contributed by atoms with Crippen molar-refractivity contribution in [3.63, 3.8) is 0 Å². The van der Waals surface area contributed by atoms with E-state index in [0.717, 1.165) is 37.2 Å². The normalized spacial score (nSPS) is 32.6. The molecule has 0 amide bonds. The molecule has 3 atom stereocenters. The van der Waals surface area contributed by atoms with Crippen molar-refractivity contribution in [2.45, 2.75) is 44.9 Å². The Kier molecular flexibility index (Phi) is 3.64. The lowest BCUT2D eigenvalue weighted by Gasteiger charge is -2.53. The molecule has 4 heteroatoms. The molecule has 4 rings (SSSR count). The minimum atomic E-state index is -0.531. The standard InChI is InChI=1S/C21H26O4/c1-20-7-5-8-21(2,19(22)24-4)17(20)12-16-18-13(6-9-25-16)10-14(23-3)11-15(18)20/h10-12,17H,5-9H2,1-4H3/t17?,20?,21-/m0/s1. The van der Waals surface area contributed by atoms with Crippen LogP contribution < -0.4 is 4.74 Å². The van der Waals surface area contributed by atoms with Crippen LogP contribution in [0.3, 0.4) is 0 Å². The maximum absolute atomic E-state index is 12.7. The molecule has 1 heterocycles. The topological polar surface area (TPSA) is 44.8 Å². The first-order chi connectivity index (χ1) is 11.9. The molecule has 1 fully saturated rings. The van der Waals surface area contributed by atoms with Crippen molar-refractivity contribution in [1.29, 1.82) is 0 Å². The fourth-order valence-electron chi connectivity index (χ4n) is 5.32. The minimum absolute atomic E-state index is 0.0572. The number of ether oxygens (including phenoxy) is 3. The van der Waals surface area contributed by atoms with Crippen LogP contribution in [0.4, 0.5) is 0 Å². The maximum atomic E-state index is 12.7. The molecule has 0 saturated heterocycles. The molecule has 0 bridgehead atoms. The Morgan fingerprint density at radius 3 is 2.76 bits per heavy atom. The first-order valence-electron chi connectivity index (χ1n) is 9.09. The van der Waals surface area contributed by atoms with Crippen molar-refractivity contribution in [1.82, 2.24) is 0 Å². The molecular weight excluding hydrogens is 316 g/mol. The molecule has 4 nitrogen and oxygen atoms in total. The molecule has 2 unspecified atom stereocenters. The Balaban J connectivity index is 1.96. The highest BCUT2D eigenvalue weighted by atomic mass is 16.5. The Hall–Kier alpha value is -1.97. The maximum Gasteiger partial charge on any atom is 0.312 e. The largest absolute Gasteiger partial charge is 0.497 e. The van der Waals surface area contributed by atoms with Crippen LogP contribution in [-0.4, -0.2) is 26.8 Å². The SMILES string of the molecule is COC(=O)[C@@]1(C)CCCC2(C)c3cc(OC)cc4c3C(=CC21)OCC4. The zero-order valence-corrected chi connectivity index (χ0v) is 15.5. The average Bonchev–Trinajstić information content (AvgIpc) is 2.62. The van der Waals surface area contributed by atoms with E-state index < -0.39 is 5.41 Å². The van der Waals surface area contributed by atoms with E-state index >= 15 is 0 Å². The second-order valence-corrected chi connectivity index (χ2v) is 8.00. The Bertz CT molecular complexity index is 765. The molecule has 1 saturated carbocycles. The van der Waals surface area contributed by atoms with Crippen LogP contribution in [0.15, 0.2) is 18.2 Å². The summed E-state index contributed by atoms with van der Waals surface area (Å²) >= 11 is 0. The van der Waals surface area contributed by atoms with Crippen LogP contribution in [0.5, 0.6) is 5.75 Å². The lowest BCUT2D eigenvalue weighted by molar-refractivity contribution is -0.158. The summed E-state index contributed by atoms with van der Waals surface area (Å²) in [6.07, 6.45) is 6.00. The zero-order chi connectivity index (χ0) is 17.8. The Morgan fingerprint density at radius 1 is 1.24 bits per heavy atom. The number of hydrogen-bond donors (Lipinski definition) is 0. The molecule has 25 heavy (non-hydrogen) atoms. The van der Waals surface area contributed by atoms with Crippen molar-refractivity contribution in [3.8, 4) is 5.75 Å². The number of carbonyl (C=O) groups is 1. The van der Waals surface area contributed by atoms with Gasteiger partial charge in [-0.25, -0.2) is 0 Å². The van der Waals surface area contributed by atoms with Gasteiger partial charge in [0.2, 0.25) is 0 Å². The quantitative estimate of drug-likeness (QED) is 0.766. The average molecular weight is 342 g/mol. The number of fused-ring (bicyclic) bond motifs is 2. The monoisotopic (exact) mass is 342 g/mol. The number of hydrogen-bond acceptors (Lipinski definition) is 4. The van der Waals surface area contributed by atoms with Crippen LogP contribution in [-0.2, 0) is 26.1 Å². The van der Waals surface area contributed by atoms with Gasteiger partial charge in [-0.2, -0.15) is 0 Å². The summed E-state index contributed by atoms with van der Waals surface area (Å²) in [6, 6.07) is 4.28. The highest BCUT2D eigenvalue weighted by molar-refractivity contribution is 5.81. The summed E-state index contributed by atoms with van der Waals surface area (Å²) < 4.78 is 16.8. The van der Waals surface area contributed by atoms with E-state index in [-0.39, 0.29) is 17.3 Å². The minimum Gasteiger partial charge on any atom is -0.497 e. The first kappa shape index (κ1) is 16.5. The van der Waals surface area contributed by atoms with Gasteiger partial charge in [-0.3, -0.25) is 4.79 Å². The third-order valence-corrected chi connectivity index (χ3v) is 6.65. The molecule has 1 aliphatic heterocycles. The Morgan fingerprint density at radius 2 is 2.04 bits per heavy atom. The van der Waals surface area contributed by atoms with Gasteiger partial charge < -0.3 is 14.2 Å². The van der Waals surface area contributed by atoms with Crippen LogP contribution >= 0.6 is 0 Å². The number of esters is 1. The predicted molar refractivity (Wildman–Crippen MR) is 95.4 cm³/mol. The molecule has 134 valence electrons. The van der Waals surface area contributed by atoms with Gasteiger partial charge in [0.25, 0.3) is 0 Å². The summed E-state index contributed by atoms with van der Waals surface area (Å²) in [5.74, 6) is 1.75. The molecule has 1 aromatic rings. The van der Waals surface area contributed by atoms with Crippen molar-refractivity contribution in [2.75, 3.05) is 20.8 Å². The van der Waals surface area contributed by atoms with Gasteiger partial charge in [0.15, 0.2) is 0 Å². The van der Waals surface area contributed by atoms with Gasteiger partial charge in [-0.15, -0.1) is 0 Å². The number of benzene rings is 1. The fraction of sp³-hybridized carbons (Fsp3) is 0.571. The summed E-state index contributed by atoms with van der Waals surface area (Å²) in [5, 5.41) is 0. The number of methoxy groups -OCH3 is 2. The summed E-state index contributed by atoms with van der Waals surface area (Å²) in [4.78, 5) is 12.7.